The highest BCUT2D eigenvalue weighted by Crippen LogP contribution is 2.31. The third-order valence-corrected chi connectivity index (χ3v) is 3.19. The maximum Gasteiger partial charge on any atom is 0.328 e. The van der Waals surface area contributed by atoms with E-state index in [1.165, 1.54) is 0 Å². The highest BCUT2D eigenvalue weighted by Gasteiger charge is 2.11. The Morgan fingerprint density at radius 3 is 2.24 bits per heavy atom. The van der Waals surface area contributed by atoms with Gasteiger partial charge in [0.15, 0.2) is 11.5 Å². The highest BCUT2D eigenvalue weighted by molar-refractivity contribution is 5.85. The second kappa shape index (κ2) is 8.35. The Bertz CT molecular complexity index is 494. The van der Waals surface area contributed by atoms with Crippen LogP contribution in [-0.2, 0) is 4.79 Å². The van der Waals surface area contributed by atoms with Crippen LogP contribution in [0.2, 0.25) is 0 Å². The summed E-state index contributed by atoms with van der Waals surface area (Å²) in [5.74, 6) is 0.369. The molecule has 0 aliphatic heterocycles. The van der Waals surface area contributed by atoms with Crippen molar-refractivity contribution in [2.24, 2.45) is 0 Å². The van der Waals surface area contributed by atoms with E-state index in [1.807, 2.05) is 39.0 Å². The van der Waals surface area contributed by atoms with Gasteiger partial charge in [-0.15, -0.1) is 0 Å². The first kappa shape index (κ1) is 17.1. The van der Waals surface area contributed by atoms with Gasteiger partial charge in [0.1, 0.15) is 0 Å². The van der Waals surface area contributed by atoms with Gasteiger partial charge in [-0.25, -0.2) is 4.79 Å². The fraction of sp³-hybridized carbons (Fsp3) is 0.471. The fourth-order valence-electron chi connectivity index (χ4n) is 1.59. The molecule has 4 nitrogen and oxygen atoms in total. The number of hydrogen-bond acceptors (Lipinski definition) is 3. The lowest BCUT2D eigenvalue weighted by molar-refractivity contribution is -0.131. The first-order valence-electron chi connectivity index (χ1n) is 7.34. The molecule has 2 atom stereocenters. The molecule has 0 heterocycles. The van der Waals surface area contributed by atoms with Crippen molar-refractivity contribution in [1.82, 2.24) is 0 Å². The lowest BCUT2D eigenvalue weighted by atomic mass is 10.1. The van der Waals surface area contributed by atoms with Crippen molar-refractivity contribution < 1.29 is 19.4 Å². The van der Waals surface area contributed by atoms with Gasteiger partial charge in [0.25, 0.3) is 0 Å². The third kappa shape index (κ3) is 5.90. The van der Waals surface area contributed by atoms with Gasteiger partial charge >= 0.3 is 5.97 Å². The van der Waals surface area contributed by atoms with Gasteiger partial charge in [0, 0.05) is 6.08 Å². The monoisotopic (exact) mass is 292 g/mol. The Kier molecular flexibility index (Phi) is 6.79. The normalized spacial score (nSPS) is 13.9. The van der Waals surface area contributed by atoms with Crippen molar-refractivity contribution >= 4 is 12.0 Å². The highest BCUT2D eigenvalue weighted by atomic mass is 16.5. The molecule has 4 heteroatoms. The summed E-state index contributed by atoms with van der Waals surface area (Å²) < 4.78 is 11.7. The van der Waals surface area contributed by atoms with E-state index in [0.717, 1.165) is 24.5 Å². The molecule has 1 aromatic carbocycles. The Labute approximate surface area is 126 Å². The first-order valence-corrected chi connectivity index (χ1v) is 7.34. The van der Waals surface area contributed by atoms with Gasteiger partial charge in [0.05, 0.1) is 12.2 Å². The molecule has 21 heavy (non-hydrogen) atoms. The van der Waals surface area contributed by atoms with E-state index in [1.54, 1.807) is 6.08 Å². The Morgan fingerprint density at radius 2 is 1.71 bits per heavy atom. The molecule has 1 rings (SSSR count). The number of ether oxygens (including phenoxy) is 2. The summed E-state index contributed by atoms with van der Waals surface area (Å²) in [6.07, 6.45) is 4.62. The first-order chi connectivity index (χ1) is 9.96. The molecular weight excluding hydrogens is 268 g/mol. The number of carboxylic acids is 1. The van der Waals surface area contributed by atoms with Gasteiger partial charge in [-0.3, -0.25) is 0 Å². The zero-order valence-corrected chi connectivity index (χ0v) is 13.1. The van der Waals surface area contributed by atoms with E-state index in [9.17, 15) is 4.79 Å². The van der Waals surface area contributed by atoms with E-state index in [-0.39, 0.29) is 12.2 Å². The zero-order valence-electron chi connectivity index (χ0n) is 13.1. The molecule has 2 unspecified atom stereocenters. The molecule has 0 spiro atoms. The van der Waals surface area contributed by atoms with Crippen LogP contribution < -0.4 is 9.47 Å². The predicted molar refractivity (Wildman–Crippen MR) is 83.9 cm³/mol. The summed E-state index contributed by atoms with van der Waals surface area (Å²) in [6.45, 7) is 8.11. The molecule has 0 aliphatic carbocycles. The van der Waals surface area contributed by atoms with Crippen LogP contribution in [0.25, 0.3) is 6.08 Å². The van der Waals surface area contributed by atoms with Crippen LogP contribution in [0, 0.1) is 0 Å². The molecule has 0 saturated heterocycles. The largest absolute Gasteiger partial charge is 0.487 e. The summed E-state index contributed by atoms with van der Waals surface area (Å²) in [7, 11) is 0. The molecule has 1 aromatic rings. The lowest BCUT2D eigenvalue weighted by Crippen LogP contribution is -2.14. The molecule has 0 aromatic heterocycles. The third-order valence-electron chi connectivity index (χ3n) is 3.19. The molecule has 0 radical (unpaired) electrons. The van der Waals surface area contributed by atoms with Crippen LogP contribution in [0.1, 0.15) is 46.1 Å². The summed E-state index contributed by atoms with van der Waals surface area (Å²) in [5, 5.41) is 8.69. The van der Waals surface area contributed by atoms with Gasteiger partial charge in [-0.05, 0) is 50.5 Å². The van der Waals surface area contributed by atoms with Crippen molar-refractivity contribution in [2.45, 2.75) is 52.7 Å². The minimum absolute atomic E-state index is 0.0722. The van der Waals surface area contributed by atoms with Gasteiger partial charge < -0.3 is 14.6 Å². The predicted octanol–water partition coefficient (Wildman–Crippen LogP) is 4.14. The molecule has 0 amide bonds. The van der Waals surface area contributed by atoms with Crippen molar-refractivity contribution in [3.05, 3.63) is 29.8 Å². The smallest absolute Gasteiger partial charge is 0.328 e. The summed E-state index contributed by atoms with van der Waals surface area (Å²) in [6, 6.07) is 5.45. The van der Waals surface area contributed by atoms with Crippen LogP contribution in [0.15, 0.2) is 24.3 Å². The molecule has 0 saturated carbocycles. The Morgan fingerprint density at radius 1 is 1.14 bits per heavy atom. The van der Waals surface area contributed by atoms with Crippen molar-refractivity contribution in [3.8, 4) is 11.5 Å². The maximum absolute atomic E-state index is 10.6. The molecule has 0 bridgehead atoms. The molecule has 0 aliphatic rings. The molecular formula is C17H24O4. The van der Waals surface area contributed by atoms with E-state index < -0.39 is 5.97 Å². The lowest BCUT2D eigenvalue weighted by Gasteiger charge is -2.19. The minimum Gasteiger partial charge on any atom is -0.487 e. The van der Waals surface area contributed by atoms with Crippen LogP contribution >= 0.6 is 0 Å². The summed E-state index contributed by atoms with van der Waals surface area (Å²) in [5.41, 5.74) is 0.771. The fourth-order valence-corrected chi connectivity index (χ4v) is 1.59. The molecule has 116 valence electrons. The number of carboxylic acid groups (broad SMARTS) is 1. The van der Waals surface area contributed by atoms with Gasteiger partial charge in [-0.2, -0.15) is 0 Å². The van der Waals surface area contributed by atoms with Crippen LogP contribution in [0.4, 0.5) is 0 Å². The minimum atomic E-state index is -0.973. The Hall–Kier alpha value is -1.97. The van der Waals surface area contributed by atoms with Crippen LogP contribution in [0.3, 0.4) is 0 Å². The number of aliphatic carboxylic acids is 1. The Balaban J connectivity index is 3.03. The quantitative estimate of drug-likeness (QED) is 0.732. The number of benzene rings is 1. The van der Waals surface area contributed by atoms with Gasteiger partial charge in [0.2, 0.25) is 0 Å². The number of hydrogen-bond donors (Lipinski definition) is 1. The van der Waals surface area contributed by atoms with Crippen molar-refractivity contribution in [1.29, 1.82) is 0 Å². The van der Waals surface area contributed by atoms with E-state index in [0.29, 0.717) is 11.5 Å². The molecule has 0 fully saturated rings. The van der Waals surface area contributed by atoms with Gasteiger partial charge in [-0.1, -0.05) is 19.9 Å². The van der Waals surface area contributed by atoms with Crippen LogP contribution in [0.5, 0.6) is 11.5 Å². The summed E-state index contributed by atoms with van der Waals surface area (Å²) >= 11 is 0. The zero-order chi connectivity index (χ0) is 15.8. The molecule has 1 N–H and O–H groups in total. The van der Waals surface area contributed by atoms with E-state index >= 15 is 0 Å². The van der Waals surface area contributed by atoms with E-state index in [4.69, 9.17) is 14.6 Å². The van der Waals surface area contributed by atoms with Crippen LogP contribution in [-0.4, -0.2) is 23.3 Å². The van der Waals surface area contributed by atoms with Crippen molar-refractivity contribution in [3.63, 3.8) is 0 Å². The summed E-state index contributed by atoms with van der Waals surface area (Å²) in [4.78, 5) is 10.6. The average Bonchev–Trinajstić information content (AvgIpc) is 2.46. The second-order valence-electron chi connectivity index (χ2n) is 5.05. The maximum atomic E-state index is 10.6. The second-order valence-corrected chi connectivity index (χ2v) is 5.05. The van der Waals surface area contributed by atoms with E-state index in [2.05, 4.69) is 6.92 Å². The van der Waals surface area contributed by atoms with Crippen molar-refractivity contribution in [2.75, 3.05) is 0 Å². The number of carbonyl (C=O) groups is 1. The topological polar surface area (TPSA) is 55.8 Å². The SMILES string of the molecule is CCC(C)Oc1ccc(/C=C/C(=O)O)cc1OC(C)CC. The standard InChI is InChI=1S/C17H24O4/c1-5-12(3)20-15-9-7-14(8-10-17(18)19)11-16(15)21-13(4)6-2/h7-13H,5-6H2,1-4H3,(H,18,19)/b10-8+. The average molecular weight is 292 g/mol. The number of rotatable bonds is 8.